The summed E-state index contributed by atoms with van der Waals surface area (Å²) in [6.07, 6.45) is 3.14. The van der Waals surface area contributed by atoms with Gasteiger partial charge in [-0.1, -0.05) is 29.8 Å². The first kappa shape index (κ1) is 9.99. The second-order valence-electron chi connectivity index (χ2n) is 3.13. The molecule has 2 aromatic rings. The molecule has 0 saturated heterocycles. The minimum absolute atomic E-state index is 0.148. The molecule has 2 rings (SSSR count). The predicted molar refractivity (Wildman–Crippen MR) is 60.4 cm³/mol. The first-order chi connectivity index (χ1) is 7.22. The molecule has 1 aromatic carbocycles. The molecule has 15 heavy (non-hydrogen) atoms. The number of para-hydroxylation sites is 1. The summed E-state index contributed by atoms with van der Waals surface area (Å²) in [5.74, 6) is 0.168. The van der Waals surface area contributed by atoms with Gasteiger partial charge in [0.2, 0.25) is 5.78 Å². The Morgan fingerprint density at radius 2 is 2.27 bits per heavy atom. The van der Waals surface area contributed by atoms with Crippen LogP contribution in [0.15, 0.2) is 40.8 Å². The molecule has 0 spiro atoms. The van der Waals surface area contributed by atoms with E-state index >= 15 is 0 Å². The molecule has 76 valence electrons. The molecule has 0 N–H and O–H groups in total. The Morgan fingerprint density at radius 1 is 1.47 bits per heavy atom. The fourth-order valence-electron chi connectivity index (χ4n) is 1.38. The lowest BCUT2D eigenvalue weighted by Crippen LogP contribution is -1.89. The first-order valence-corrected chi connectivity index (χ1v) is 4.95. The highest BCUT2D eigenvalue weighted by Gasteiger charge is 2.10. The molecule has 0 fully saturated rings. The summed E-state index contributed by atoms with van der Waals surface area (Å²) in [6, 6.07) is 7.11. The maximum atomic E-state index is 11.5. The van der Waals surface area contributed by atoms with Crippen LogP contribution in [0.5, 0.6) is 0 Å². The Morgan fingerprint density at radius 3 is 2.93 bits per heavy atom. The maximum absolute atomic E-state index is 11.5. The second-order valence-corrected chi connectivity index (χ2v) is 3.54. The Hall–Kier alpha value is -1.54. The number of halogens is 1. The highest BCUT2D eigenvalue weighted by Crippen LogP contribution is 2.26. The normalized spacial score (nSPS) is 11.3. The van der Waals surface area contributed by atoms with Gasteiger partial charge in [0.1, 0.15) is 0 Å². The van der Waals surface area contributed by atoms with Crippen molar-refractivity contribution in [2.45, 2.75) is 6.92 Å². The minimum Gasteiger partial charge on any atom is -0.451 e. The van der Waals surface area contributed by atoms with Crippen molar-refractivity contribution in [3.8, 4) is 0 Å². The van der Waals surface area contributed by atoms with Gasteiger partial charge in [-0.15, -0.1) is 0 Å². The highest BCUT2D eigenvalue weighted by molar-refractivity contribution is 6.34. The molecule has 1 heterocycles. The number of furan rings is 1. The molecule has 0 aliphatic heterocycles. The van der Waals surface area contributed by atoms with E-state index in [4.69, 9.17) is 16.0 Å². The molecule has 0 atom stereocenters. The molecule has 0 aliphatic carbocycles. The van der Waals surface area contributed by atoms with E-state index in [2.05, 4.69) is 0 Å². The van der Waals surface area contributed by atoms with Crippen LogP contribution in [0.1, 0.15) is 17.5 Å². The van der Waals surface area contributed by atoms with E-state index in [1.54, 1.807) is 25.1 Å². The van der Waals surface area contributed by atoms with Gasteiger partial charge in [-0.2, -0.15) is 0 Å². The third-order valence-corrected chi connectivity index (χ3v) is 2.35. The van der Waals surface area contributed by atoms with E-state index in [1.807, 2.05) is 12.1 Å². The topological polar surface area (TPSA) is 30.2 Å². The fraction of sp³-hybridized carbons (Fsp3) is 0.0833. The second kappa shape index (κ2) is 3.91. The summed E-state index contributed by atoms with van der Waals surface area (Å²) >= 11 is 5.93. The van der Waals surface area contributed by atoms with Crippen molar-refractivity contribution in [1.29, 1.82) is 0 Å². The number of rotatable bonds is 2. The Labute approximate surface area is 92.1 Å². The molecular formula is C12H9ClO2. The summed E-state index contributed by atoms with van der Waals surface area (Å²) in [4.78, 5) is 11.5. The van der Waals surface area contributed by atoms with E-state index < -0.39 is 0 Å². The quantitative estimate of drug-likeness (QED) is 0.569. The van der Waals surface area contributed by atoms with Gasteiger partial charge in [-0.05, 0) is 25.1 Å². The van der Waals surface area contributed by atoms with Crippen LogP contribution in [-0.4, -0.2) is 5.78 Å². The SMILES string of the molecule is C/C=C/C(=O)c1cc2cccc(Cl)c2o1. The van der Waals surface area contributed by atoms with Crippen LogP contribution in [-0.2, 0) is 0 Å². The van der Waals surface area contributed by atoms with Crippen molar-refractivity contribution in [2.24, 2.45) is 0 Å². The van der Waals surface area contributed by atoms with Gasteiger partial charge in [0.15, 0.2) is 11.3 Å². The standard InChI is InChI=1S/C12H9ClO2/c1-2-4-10(14)11-7-8-5-3-6-9(13)12(8)15-11/h2-7H,1H3/b4-2+. The first-order valence-electron chi connectivity index (χ1n) is 4.57. The van der Waals surface area contributed by atoms with Crippen LogP contribution in [0.4, 0.5) is 0 Å². The van der Waals surface area contributed by atoms with Gasteiger partial charge >= 0.3 is 0 Å². The number of carbonyl (C=O) groups excluding carboxylic acids is 1. The zero-order chi connectivity index (χ0) is 10.8. The van der Waals surface area contributed by atoms with Crippen LogP contribution in [0, 0.1) is 0 Å². The van der Waals surface area contributed by atoms with Gasteiger partial charge in [-0.25, -0.2) is 0 Å². The lowest BCUT2D eigenvalue weighted by molar-refractivity contribution is 0.102. The third-order valence-electron chi connectivity index (χ3n) is 2.06. The maximum Gasteiger partial charge on any atom is 0.220 e. The predicted octanol–water partition coefficient (Wildman–Crippen LogP) is 3.85. The number of benzene rings is 1. The Bertz CT molecular complexity index is 538. The summed E-state index contributed by atoms with van der Waals surface area (Å²) in [5, 5.41) is 1.36. The summed E-state index contributed by atoms with van der Waals surface area (Å²) in [5.41, 5.74) is 0.562. The minimum atomic E-state index is -0.148. The van der Waals surface area contributed by atoms with E-state index in [0.717, 1.165) is 5.39 Å². The number of hydrogen-bond acceptors (Lipinski definition) is 2. The number of ketones is 1. The largest absolute Gasteiger partial charge is 0.451 e. The number of fused-ring (bicyclic) bond motifs is 1. The van der Waals surface area contributed by atoms with Gasteiger partial charge in [0, 0.05) is 5.39 Å². The summed E-state index contributed by atoms with van der Waals surface area (Å²) in [6.45, 7) is 1.79. The average Bonchev–Trinajstić information content (AvgIpc) is 2.63. The van der Waals surface area contributed by atoms with Gasteiger partial charge in [0.25, 0.3) is 0 Å². The van der Waals surface area contributed by atoms with E-state index in [9.17, 15) is 4.79 Å². The number of allylic oxidation sites excluding steroid dienone is 2. The van der Waals surface area contributed by atoms with Crippen LogP contribution in [0.3, 0.4) is 0 Å². The van der Waals surface area contributed by atoms with E-state index in [1.165, 1.54) is 6.08 Å². The molecule has 0 bridgehead atoms. The zero-order valence-electron chi connectivity index (χ0n) is 8.16. The third kappa shape index (κ3) is 1.81. The van der Waals surface area contributed by atoms with Crippen molar-refractivity contribution in [3.63, 3.8) is 0 Å². The average molecular weight is 221 g/mol. The Balaban J connectivity index is 2.57. The fourth-order valence-corrected chi connectivity index (χ4v) is 1.60. The molecular weight excluding hydrogens is 212 g/mol. The number of hydrogen-bond donors (Lipinski definition) is 0. The van der Waals surface area contributed by atoms with Crippen LogP contribution in [0.25, 0.3) is 11.0 Å². The van der Waals surface area contributed by atoms with E-state index in [0.29, 0.717) is 16.4 Å². The molecule has 2 nitrogen and oxygen atoms in total. The molecule has 1 aromatic heterocycles. The molecule has 0 saturated carbocycles. The molecule has 0 unspecified atom stereocenters. The van der Waals surface area contributed by atoms with Crippen molar-refractivity contribution in [2.75, 3.05) is 0 Å². The zero-order valence-corrected chi connectivity index (χ0v) is 8.91. The van der Waals surface area contributed by atoms with Crippen molar-refractivity contribution >= 4 is 28.4 Å². The summed E-state index contributed by atoms with van der Waals surface area (Å²) in [7, 11) is 0. The lowest BCUT2D eigenvalue weighted by Gasteiger charge is -1.89. The van der Waals surface area contributed by atoms with Gasteiger partial charge in [0.05, 0.1) is 5.02 Å². The van der Waals surface area contributed by atoms with E-state index in [-0.39, 0.29) is 5.78 Å². The molecule has 0 amide bonds. The highest BCUT2D eigenvalue weighted by atomic mass is 35.5. The van der Waals surface area contributed by atoms with Crippen LogP contribution >= 0.6 is 11.6 Å². The van der Waals surface area contributed by atoms with Crippen molar-refractivity contribution in [3.05, 3.63) is 47.2 Å². The van der Waals surface area contributed by atoms with Crippen LogP contribution < -0.4 is 0 Å². The molecule has 0 radical (unpaired) electrons. The molecule has 0 aliphatic rings. The monoisotopic (exact) mass is 220 g/mol. The van der Waals surface area contributed by atoms with Crippen LogP contribution in [0.2, 0.25) is 5.02 Å². The number of carbonyl (C=O) groups is 1. The summed E-state index contributed by atoms with van der Waals surface area (Å²) < 4.78 is 5.38. The van der Waals surface area contributed by atoms with Gasteiger partial charge < -0.3 is 4.42 Å². The lowest BCUT2D eigenvalue weighted by atomic mass is 10.2. The Kier molecular flexibility index (Phi) is 2.60. The van der Waals surface area contributed by atoms with Crippen molar-refractivity contribution < 1.29 is 9.21 Å². The smallest absolute Gasteiger partial charge is 0.220 e. The van der Waals surface area contributed by atoms with Crippen molar-refractivity contribution in [1.82, 2.24) is 0 Å². The molecule has 3 heteroatoms. The van der Waals surface area contributed by atoms with Gasteiger partial charge in [-0.3, -0.25) is 4.79 Å².